The van der Waals surface area contributed by atoms with Gasteiger partial charge in [0.05, 0.1) is 20.3 Å². The van der Waals surface area contributed by atoms with Crippen LogP contribution in [0.5, 0.6) is 11.5 Å². The van der Waals surface area contributed by atoms with E-state index in [1.165, 1.54) is 16.7 Å². The maximum Gasteiger partial charge on any atom is 0.204 e. The molecule has 210 valence electrons. The third kappa shape index (κ3) is 5.76. The van der Waals surface area contributed by atoms with Gasteiger partial charge in [-0.05, 0) is 77.9 Å². The van der Waals surface area contributed by atoms with Crippen molar-refractivity contribution in [3.8, 4) is 33.9 Å². The summed E-state index contributed by atoms with van der Waals surface area (Å²) in [5.41, 5.74) is 14.5. The average Bonchev–Trinajstić information content (AvgIpc) is 3.03. The summed E-state index contributed by atoms with van der Waals surface area (Å²) >= 11 is 3.61. The highest BCUT2D eigenvalue weighted by Gasteiger charge is 2.20. The second-order valence-corrected chi connectivity index (χ2v) is 10.9. The normalized spacial score (nSPS) is 11.1. The molecule has 4 aromatic carbocycles. The number of alkyl halides is 1. The lowest BCUT2D eigenvalue weighted by atomic mass is 9.93. The Balaban J connectivity index is 1.56. The standard InChI is InChI=1S/C36H31BrN2O3/c1-40-30-12-6-24(7-13-30)22-39(23-25-8-14-31(41-2)15-9-25)29-11-17-33-35(20-29)42-34-19-28(38)10-16-32(34)36(33)27-5-3-4-26(18-27)21-37/h3-20,38H,21-23H2,1-2H3/p+1. The summed E-state index contributed by atoms with van der Waals surface area (Å²) in [5.74, 6) is 2.49. The quantitative estimate of drug-likeness (QED) is 0.0815. The number of hydrogen-bond acceptors (Lipinski definition) is 4. The number of nitrogen functional groups attached to an aromatic ring is 1. The van der Waals surface area contributed by atoms with E-state index >= 15 is 0 Å². The molecule has 6 heteroatoms. The van der Waals surface area contributed by atoms with Crippen molar-refractivity contribution in [1.29, 1.82) is 0 Å². The van der Waals surface area contributed by atoms with E-state index in [4.69, 9.17) is 19.6 Å². The molecular weight excluding hydrogens is 588 g/mol. The van der Waals surface area contributed by atoms with Crippen LogP contribution in [-0.4, -0.2) is 14.2 Å². The number of fused-ring (bicyclic) bond motifs is 2. The molecule has 42 heavy (non-hydrogen) atoms. The Hall–Kier alpha value is -4.55. The third-order valence-corrected chi connectivity index (χ3v) is 8.18. The molecule has 6 rings (SSSR count). The molecule has 0 unspecified atom stereocenters. The average molecular weight is 621 g/mol. The Labute approximate surface area is 253 Å². The summed E-state index contributed by atoms with van der Waals surface area (Å²) in [5, 5.41) is 2.88. The minimum Gasteiger partial charge on any atom is -0.497 e. The van der Waals surface area contributed by atoms with Gasteiger partial charge in [-0.15, -0.1) is 0 Å². The SMILES string of the molecule is COc1ccc(C[N+](Cc2ccc(OC)cc2)=c2ccc3c(-c4cccc(CBr)c4)c4ccc(N)cc4oc-3c2)cc1. The van der Waals surface area contributed by atoms with Crippen LogP contribution >= 0.6 is 15.9 Å². The second-order valence-electron chi connectivity index (χ2n) is 10.3. The smallest absolute Gasteiger partial charge is 0.204 e. The van der Waals surface area contributed by atoms with E-state index in [9.17, 15) is 0 Å². The molecule has 0 saturated heterocycles. The number of rotatable bonds is 8. The first-order chi connectivity index (χ1) is 20.5. The zero-order valence-electron chi connectivity index (χ0n) is 23.6. The lowest BCUT2D eigenvalue weighted by molar-refractivity contribution is 0.414. The predicted octanol–water partition coefficient (Wildman–Crippen LogP) is 7.87. The number of nitrogens with two attached hydrogens (primary N) is 1. The molecule has 1 heterocycles. The van der Waals surface area contributed by atoms with Crippen molar-refractivity contribution in [2.75, 3.05) is 20.0 Å². The minimum absolute atomic E-state index is 0.669. The topological polar surface area (TPSA) is 60.6 Å². The molecule has 1 aliphatic carbocycles. The van der Waals surface area contributed by atoms with Gasteiger partial charge in [-0.3, -0.25) is 0 Å². The molecule has 0 amide bonds. The van der Waals surface area contributed by atoms with Crippen molar-refractivity contribution in [1.82, 2.24) is 4.58 Å². The van der Waals surface area contributed by atoms with Crippen LogP contribution in [-0.2, 0) is 18.4 Å². The molecule has 2 N–H and O–H groups in total. The Kier molecular flexibility index (Phi) is 7.97. The second kappa shape index (κ2) is 12.1. The fraction of sp³-hybridized carbons (Fsp3) is 0.139. The molecule has 5 nitrogen and oxygen atoms in total. The van der Waals surface area contributed by atoms with Gasteiger partial charge in [0.2, 0.25) is 5.36 Å². The van der Waals surface area contributed by atoms with E-state index < -0.39 is 0 Å². The van der Waals surface area contributed by atoms with Crippen LogP contribution < -0.4 is 25.1 Å². The Morgan fingerprint density at radius 1 is 0.714 bits per heavy atom. The van der Waals surface area contributed by atoms with Crippen LogP contribution in [0.15, 0.2) is 114 Å². The molecule has 0 bridgehead atoms. The van der Waals surface area contributed by atoms with Gasteiger partial charge >= 0.3 is 0 Å². The van der Waals surface area contributed by atoms with Crippen LogP contribution in [0.3, 0.4) is 0 Å². The molecule has 1 aliphatic heterocycles. The van der Waals surface area contributed by atoms with Gasteiger partial charge in [0.25, 0.3) is 0 Å². The number of hydrogen-bond donors (Lipinski definition) is 1. The fourth-order valence-electron chi connectivity index (χ4n) is 5.35. The van der Waals surface area contributed by atoms with Crippen molar-refractivity contribution in [2.45, 2.75) is 18.4 Å². The Morgan fingerprint density at radius 2 is 1.38 bits per heavy atom. The van der Waals surface area contributed by atoms with E-state index in [0.29, 0.717) is 18.8 Å². The molecule has 0 radical (unpaired) electrons. The number of benzene rings is 5. The third-order valence-electron chi connectivity index (χ3n) is 7.53. The number of halogens is 1. The van der Waals surface area contributed by atoms with Gasteiger partial charge in [-0.1, -0.05) is 40.2 Å². The Bertz CT molecular complexity index is 1840. The molecule has 2 aliphatic rings. The highest BCUT2D eigenvalue weighted by Crippen LogP contribution is 2.40. The van der Waals surface area contributed by atoms with Crippen molar-refractivity contribution in [3.05, 3.63) is 131 Å². The molecule has 0 aromatic heterocycles. The summed E-state index contributed by atoms with van der Waals surface area (Å²) in [6.07, 6.45) is 0. The maximum atomic E-state index is 6.55. The molecule has 4 aromatic rings. The van der Waals surface area contributed by atoms with Crippen LogP contribution in [0.4, 0.5) is 5.69 Å². The lowest BCUT2D eigenvalue weighted by Crippen LogP contribution is -2.29. The highest BCUT2D eigenvalue weighted by atomic mass is 79.9. The molecule has 0 spiro atoms. The van der Waals surface area contributed by atoms with Crippen LogP contribution in [0.1, 0.15) is 16.7 Å². The predicted molar refractivity (Wildman–Crippen MR) is 174 cm³/mol. The zero-order chi connectivity index (χ0) is 29.1. The van der Waals surface area contributed by atoms with Crippen LogP contribution in [0.2, 0.25) is 0 Å². The Morgan fingerprint density at radius 3 is 2.00 bits per heavy atom. The van der Waals surface area contributed by atoms with Crippen molar-refractivity contribution < 1.29 is 13.9 Å². The molecule has 0 fully saturated rings. The zero-order valence-corrected chi connectivity index (χ0v) is 25.2. The summed E-state index contributed by atoms with van der Waals surface area (Å²) in [6, 6.07) is 37.4. The lowest BCUT2D eigenvalue weighted by Gasteiger charge is -2.16. The van der Waals surface area contributed by atoms with Crippen molar-refractivity contribution in [3.63, 3.8) is 0 Å². The van der Waals surface area contributed by atoms with Gasteiger partial charge < -0.3 is 19.6 Å². The minimum atomic E-state index is 0.669. The summed E-state index contributed by atoms with van der Waals surface area (Å²) in [6.45, 7) is 1.42. The first-order valence-corrected chi connectivity index (χ1v) is 14.9. The van der Waals surface area contributed by atoms with E-state index in [1.54, 1.807) is 14.2 Å². The highest BCUT2D eigenvalue weighted by molar-refractivity contribution is 9.08. The van der Waals surface area contributed by atoms with Gasteiger partial charge in [0.15, 0.2) is 13.1 Å². The molecule has 0 saturated carbocycles. The van der Waals surface area contributed by atoms with Gasteiger partial charge in [0.1, 0.15) is 22.8 Å². The number of ether oxygens (including phenoxy) is 2. The summed E-state index contributed by atoms with van der Waals surface area (Å²) in [7, 11) is 3.37. The number of nitrogens with zero attached hydrogens (tertiary/aromatic N) is 1. The maximum absolute atomic E-state index is 6.55. The first kappa shape index (κ1) is 27.6. The fourth-order valence-corrected chi connectivity index (χ4v) is 5.70. The van der Waals surface area contributed by atoms with Crippen molar-refractivity contribution >= 4 is 32.6 Å². The van der Waals surface area contributed by atoms with Crippen LogP contribution in [0.25, 0.3) is 33.4 Å². The van der Waals surface area contributed by atoms with Crippen LogP contribution in [0, 0.1) is 0 Å². The van der Waals surface area contributed by atoms with E-state index in [1.807, 2.05) is 36.4 Å². The summed E-state index contributed by atoms with van der Waals surface area (Å²) in [4.78, 5) is 0. The largest absolute Gasteiger partial charge is 0.497 e. The molecule has 0 atom stereocenters. The van der Waals surface area contributed by atoms with Crippen molar-refractivity contribution in [2.24, 2.45) is 0 Å². The van der Waals surface area contributed by atoms with E-state index in [0.717, 1.165) is 55.6 Å². The number of anilines is 1. The van der Waals surface area contributed by atoms with Gasteiger partial charge in [-0.25, -0.2) is 4.58 Å². The summed E-state index contributed by atoms with van der Waals surface area (Å²) < 4.78 is 19.7. The monoisotopic (exact) mass is 619 g/mol. The molecular formula is C36H32BrN2O3+. The van der Waals surface area contributed by atoms with Gasteiger partial charge in [0, 0.05) is 50.8 Å². The number of methoxy groups -OCH3 is 2. The first-order valence-electron chi connectivity index (χ1n) is 13.8. The van der Waals surface area contributed by atoms with E-state index in [-0.39, 0.29) is 0 Å². The van der Waals surface area contributed by atoms with E-state index in [2.05, 4.69) is 93.3 Å². The van der Waals surface area contributed by atoms with Gasteiger partial charge in [-0.2, -0.15) is 0 Å².